The molecule has 0 spiro atoms. The van der Waals surface area contributed by atoms with Crippen molar-refractivity contribution in [1.82, 2.24) is 24.6 Å². The standard InChI is InChI=1S/C14H18N6O/c1-9-4-5-10(21-9)7-19(2)8-12-17-13(15)11-6-16-20(3)14(11)18-12/h4-6H,7-8H2,1-3H3,(H2,15,17,18). The zero-order valence-electron chi connectivity index (χ0n) is 12.4. The molecule has 3 aromatic rings. The Balaban J connectivity index is 1.79. The quantitative estimate of drug-likeness (QED) is 0.781. The lowest BCUT2D eigenvalue weighted by Crippen LogP contribution is -2.19. The molecule has 21 heavy (non-hydrogen) atoms. The Hall–Kier alpha value is -2.41. The van der Waals surface area contributed by atoms with Crippen LogP contribution in [-0.2, 0) is 20.1 Å². The number of furan rings is 1. The summed E-state index contributed by atoms with van der Waals surface area (Å²) in [6, 6.07) is 3.94. The van der Waals surface area contributed by atoms with Crippen molar-refractivity contribution in [1.29, 1.82) is 0 Å². The maximum atomic E-state index is 5.96. The zero-order chi connectivity index (χ0) is 15.0. The molecule has 0 amide bonds. The van der Waals surface area contributed by atoms with Crippen molar-refractivity contribution in [2.45, 2.75) is 20.0 Å². The molecule has 0 atom stereocenters. The molecule has 7 heteroatoms. The van der Waals surface area contributed by atoms with Gasteiger partial charge in [0, 0.05) is 7.05 Å². The minimum Gasteiger partial charge on any atom is -0.465 e. The fourth-order valence-electron chi connectivity index (χ4n) is 2.30. The number of fused-ring (bicyclic) bond motifs is 1. The van der Waals surface area contributed by atoms with Crippen LogP contribution in [0.5, 0.6) is 0 Å². The van der Waals surface area contributed by atoms with Crippen LogP contribution in [0.3, 0.4) is 0 Å². The van der Waals surface area contributed by atoms with Gasteiger partial charge in [-0.3, -0.25) is 9.58 Å². The van der Waals surface area contributed by atoms with Gasteiger partial charge in [-0.2, -0.15) is 5.10 Å². The predicted molar refractivity (Wildman–Crippen MR) is 79.3 cm³/mol. The largest absolute Gasteiger partial charge is 0.465 e. The second kappa shape index (κ2) is 5.17. The van der Waals surface area contributed by atoms with Crippen molar-refractivity contribution in [3.8, 4) is 0 Å². The topological polar surface area (TPSA) is 86.0 Å². The number of aryl methyl sites for hydroxylation is 2. The fourth-order valence-corrected chi connectivity index (χ4v) is 2.30. The molecular weight excluding hydrogens is 268 g/mol. The van der Waals surface area contributed by atoms with Gasteiger partial charge in [0.25, 0.3) is 0 Å². The molecule has 0 aliphatic carbocycles. The SMILES string of the molecule is Cc1ccc(CN(C)Cc2nc(N)c3cnn(C)c3n2)o1. The molecule has 0 aromatic carbocycles. The van der Waals surface area contributed by atoms with Crippen molar-refractivity contribution in [2.75, 3.05) is 12.8 Å². The Bertz CT molecular complexity index is 775. The Morgan fingerprint density at radius 1 is 1.29 bits per heavy atom. The van der Waals surface area contributed by atoms with Gasteiger partial charge in [0.05, 0.1) is 24.7 Å². The number of nitrogens with two attached hydrogens (primary N) is 1. The molecule has 0 saturated heterocycles. The van der Waals surface area contributed by atoms with E-state index in [1.807, 2.05) is 33.2 Å². The second-order valence-electron chi connectivity index (χ2n) is 5.22. The summed E-state index contributed by atoms with van der Waals surface area (Å²) in [7, 11) is 3.83. The molecule has 110 valence electrons. The summed E-state index contributed by atoms with van der Waals surface area (Å²) in [6.45, 7) is 3.22. The summed E-state index contributed by atoms with van der Waals surface area (Å²) in [6.07, 6.45) is 1.68. The van der Waals surface area contributed by atoms with Gasteiger partial charge in [0.1, 0.15) is 23.2 Å². The van der Waals surface area contributed by atoms with Crippen LogP contribution in [0.25, 0.3) is 11.0 Å². The molecule has 0 saturated carbocycles. The molecular formula is C14H18N6O. The lowest BCUT2D eigenvalue weighted by Gasteiger charge is -2.14. The third-order valence-corrected chi connectivity index (χ3v) is 3.30. The fraction of sp³-hybridized carbons (Fsp3) is 0.357. The summed E-state index contributed by atoms with van der Waals surface area (Å²) in [5.74, 6) is 2.97. The summed E-state index contributed by atoms with van der Waals surface area (Å²) >= 11 is 0. The van der Waals surface area contributed by atoms with Crippen LogP contribution in [0.2, 0.25) is 0 Å². The minimum atomic E-state index is 0.463. The molecule has 2 N–H and O–H groups in total. The molecule has 7 nitrogen and oxygen atoms in total. The van der Waals surface area contributed by atoms with E-state index >= 15 is 0 Å². The predicted octanol–water partition coefficient (Wildman–Crippen LogP) is 1.48. The van der Waals surface area contributed by atoms with E-state index in [0.29, 0.717) is 24.7 Å². The third kappa shape index (κ3) is 2.73. The van der Waals surface area contributed by atoms with Gasteiger partial charge in [-0.25, -0.2) is 9.97 Å². The van der Waals surface area contributed by atoms with Gasteiger partial charge in [-0.1, -0.05) is 0 Å². The van der Waals surface area contributed by atoms with Gasteiger partial charge in [-0.05, 0) is 26.1 Å². The van der Waals surface area contributed by atoms with E-state index in [2.05, 4.69) is 20.0 Å². The molecule has 3 heterocycles. The number of aromatic nitrogens is 4. The Morgan fingerprint density at radius 3 is 2.81 bits per heavy atom. The van der Waals surface area contributed by atoms with Crippen LogP contribution >= 0.6 is 0 Å². The average Bonchev–Trinajstić information content (AvgIpc) is 2.97. The van der Waals surface area contributed by atoms with Gasteiger partial charge >= 0.3 is 0 Å². The number of hydrogen-bond acceptors (Lipinski definition) is 6. The van der Waals surface area contributed by atoms with Crippen LogP contribution in [0, 0.1) is 6.92 Å². The zero-order valence-corrected chi connectivity index (χ0v) is 12.4. The maximum Gasteiger partial charge on any atom is 0.163 e. The molecule has 0 aliphatic heterocycles. The highest BCUT2D eigenvalue weighted by Crippen LogP contribution is 2.17. The third-order valence-electron chi connectivity index (χ3n) is 3.30. The minimum absolute atomic E-state index is 0.463. The van der Waals surface area contributed by atoms with E-state index in [1.54, 1.807) is 10.9 Å². The van der Waals surface area contributed by atoms with Crippen molar-refractivity contribution in [2.24, 2.45) is 7.05 Å². The van der Waals surface area contributed by atoms with Crippen LogP contribution in [0.15, 0.2) is 22.7 Å². The van der Waals surface area contributed by atoms with Gasteiger partial charge in [-0.15, -0.1) is 0 Å². The normalized spacial score (nSPS) is 11.6. The smallest absolute Gasteiger partial charge is 0.163 e. The highest BCUT2D eigenvalue weighted by Gasteiger charge is 2.11. The first-order chi connectivity index (χ1) is 10.0. The van der Waals surface area contributed by atoms with Crippen LogP contribution in [0.4, 0.5) is 5.82 Å². The van der Waals surface area contributed by atoms with E-state index in [1.165, 1.54) is 0 Å². The summed E-state index contributed by atoms with van der Waals surface area (Å²) < 4.78 is 7.27. The Labute approximate surface area is 122 Å². The van der Waals surface area contributed by atoms with Crippen LogP contribution in [0.1, 0.15) is 17.3 Å². The van der Waals surface area contributed by atoms with E-state index in [0.717, 1.165) is 22.6 Å². The highest BCUT2D eigenvalue weighted by atomic mass is 16.3. The van der Waals surface area contributed by atoms with Crippen molar-refractivity contribution in [3.05, 3.63) is 35.7 Å². The molecule has 0 radical (unpaired) electrons. The summed E-state index contributed by atoms with van der Waals surface area (Å²) in [4.78, 5) is 10.9. The first-order valence-electron chi connectivity index (χ1n) is 6.71. The van der Waals surface area contributed by atoms with E-state index < -0.39 is 0 Å². The van der Waals surface area contributed by atoms with E-state index in [9.17, 15) is 0 Å². The van der Waals surface area contributed by atoms with Gasteiger partial charge < -0.3 is 10.2 Å². The lowest BCUT2D eigenvalue weighted by molar-refractivity contribution is 0.279. The summed E-state index contributed by atoms with van der Waals surface area (Å²) in [5, 5.41) is 4.94. The van der Waals surface area contributed by atoms with Crippen LogP contribution < -0.4 is 5.73 Å². The molecule has 0 bridgehead atoms. The number of rotatable bonds is 4. The molecule has 0 fully saturated rings. The average molecular weight is 286 g/mol. The first kappa shape index (κ1) is 13.6. The number of hydrogen-bond donors (Lipinski definition) is 1. The summed E-state index contributed by atoms with van der Waals surface area (Å²) in [5.41, 5.74) is 6.71. The molecule has 0 unspecified atom stereocenters. The Kier molecular flexibility index (Phi) is 3.34. The van der Waals surface area contributed by atoms with E-state index in [4.69, 9.17) is 10.2 Å². The monoisotopic (exact) mass is 286 g/mol. The lowest BCUT2D eigenvalue weighted by atomic mass is 10.3. The second-order valence-corrected chi connectivity index (χ2v) is 5.22. The molecule has 3 aromatic heterocycles. The van der Waals surface area contributed by atoms with Gasteiger partial charge in [0.15, 0.2) is 5.65 Å². The maximum absolute atomic E-state index is 5.96. The number of anilines is 1. The number of nitrogen functional groups attached to an aromatic ring is 1. The molecule has 0 aliphatic rings. The highest BCUT2D eigenvalue weighted by molar-refractivity contribution is 5.84. The van der Waals surface area contributed by atoms with Gasteiger partial charge in [0.2, 0.25) is 0 Å². The number of nitrogens with zero attached hydrogens (tertiary/aromatic N) is 5. The van der Waals surface area contributed by atoms with Crippen molar-refractivity contribution in [3.63, 3.8) is 0 Å². The van der Waals surface area contributed by atoms with Crippen LogP contribution in [-0.4, -0.2) is 31.7 Å². The first-order valence-corrected chi connectivity index (χ1v) is 6.71. The van der Waals surface area contributed by atoms with E-state index in [-0.39, 0.29) is 0 Å². The van der Waals surface area contributed by atoms with Crippen molar-refractivity contribution >= 4 is 16.9 Å². The Morgan fingerprint density at radius 2 is 2.10 bits per heavy atom. The molecule has 3 rings (SSSR count). The van der Waals surface area contributed by atoms with Crippen molar-refractivity contribution < 1.29 is 4.42 Å².